The average molecular weight is 250 g/mol. The van der Waals surface area contributed by atoms with Crippen molar-refractivity contribution in [2.75, 3.05) is 7.11 Å². The minimum absolute atomic E-state index is 0.110. The molecule has 18 heavy (non-hydrogen) atoms. The molecular weight excluding hydrogens is 224 g/mol. The molecule has 1 unspecified atom stereocenters. The molecule has 0 saturated heterocycles. The predicted molar refractivity (Wildman–Crippen MR) is 76.4 cm³/mol. The summed E-state index contributed by atoms with van der Waals surface area (Å²) >= 11 is 0. The number of aryl methyl sites for hydroxylation is 3. The number of methoxy groups -OCH3 is 1. The van der Waals surface area contributed by atoms with E-state index >= 15 is 0 Å². The lowest BCUT2D eigenvalue weighted by Crippen LogP contribution is -2.35. The normalized spacial score (nSPS) is 13.7. The summed E-state index contributed by atoms with van der Waals surface area (Å²) in [5.41, 5.74) is 7.87. The van der Waals surface area contributed by atoms with Crippen LogP contribution in [0, 0.1) is 20.8 Å². The van der Waals surface area contributed by atoms with E-state index in [4.69, 9.17) is 10.6 Å². The van der Waals surface area contributed by atoms with Crippen LogP contribution < -0.4 is 11.3 Å². The molecule has 0 aliphatic rings. The van der Waals surface area contributed by atoms with Gasteiger partial charge in [-0.25, -0.2) is 0 Å². The molecule has 0 amide bonds. The zero-order chi connectivity index (χ0) is 13.9. The summed E-state index contributed by atoms with van der Waals surface area (Å²) in [6.07, 6.45) is 0.837. The first-order valence-electron chi connectivity index (χ1n) is 6.39. The highest BCUT2D eigenvalue weighted by Crippen LogP contribution is 2.29. The Labute approximate surface area is 111 Å². The molecule has 0 bridgehead atoms. The molecule has 0 fully saturated rings. The van der Waals surface area contributed by atoms with E-state index in [2.05, 4.69) is 52.2 Å². The van der Waals surface area contributed by atoms with Gasteiger partial charge in [0.2, 0.25) is 0 Å². The van der Waals surface area contributed by atoms with Crippen molar-refractivity contribution < 1.29 is 4.74 Å². The summed E-state index contributed by atoms with van der Waals surface area (Å²) < 4.78 is 5.49. The van der Waals surface area contributed by atoms with E-state index in [1.54, 1.807) is 7.11 Å². The maximum absolute atomic E-state index is 5.72. The van der Waals surface area contributed by atoms with Crippen LogP contribution in [0.15, 0.2) is 12.1 Å². The number of hydrogen-bond donors (Lipinski definition) is 2. The summed E-state index contributed by atoms with van der Waals surface area (Å²) in [6, 6.07) is 4.55. The Morgan fingerprint density at radius 2 is 1.72 bits per heavy atom. The van der Waals surface area contributed by atoms with Crippen LogP contribution in [0.2, 0.25) is 0 Å². The Bertz CT molecular complexity index is 413. The highest BCUT2D eigenvalue weighted by molar-refractivity contribution is 5.38. The quantitative estimate of drug-likeness (QED) is 0.624. The van der Waals surface area contributed by atoms with Crippen LogP contribution in [-0.4, -0.2) is 12.7 Å². The summed E-state index contributed by atoms with van der Waals surface area (Å²) in [5, 5.41) is 0. The van der Waals surface area contributed by atoms with E-state index in [-0.39, 0.29) is 11.6 Å². The lowest BCUT2D eigenvalue weighted by atomic mass is 9.89. The van der Waals surface area contributed by atoms with Gasteiger partial charge in [0.1, 0.15) is 0 Å². The number of rotatable bonds is 5. The topological polar surface area (TPSA) is 47.3 Å². The number of nitrogens with two attached hydrogens (primary N) is 1. The second kappa shape index (κ2) is 5.83. The molecule has 0 saturated carbocycles. The van der Waals surface area contributed by atoms with Crippen molar-refractivity contribution in [1.29, 1.82) is 0 Å². The SMILES string of the molecule is COC(C)(C)CC(NN)c1cc(C)c(C)cc1C. The van der Waals surface area contributed by atoms with Gasteiger partial charge in [0.15, 0.2) is 0 Å². The lowest BCUT2D eigenvalue weighted by Gasteiger charge is -2.29. The van der Waals surface area contributed by atoms with Crippen LogP contribution in [0.1, 0.15) is 48.6 Å². The molecule has 0 aliphatic heterocycles. The molecule has 0 aromatic heterocycles. The Morgan fingerprint density at radius 1 is 1.17 bits per heavy atom. The zero-order valence-corrected chi connectivity index (χ0v) is 12.4. The smallest absolute Gasteiger partial charge is 0.0641 e. The summed E-state index contributed by atoms with van der Waals surface area (Å²) in [4.78, 5) is 0. The van der Waals surface area contributed by atoms with Crippen molar-refractivity contribution in [2.45, 2.75) is 52.7 Å². The van der Waals surface area contributed by atoms with Crippen molar-refractivity contribution in [3.63, 3.8) is 0 Å². The number of nitrogens with one attached hydrogen (secondary N) is 1. The van der Waals surface area contributed by atoms with Crippen molar-refractivity contribution in [1.82, 2.24) is 5.43 Å². The lowest BCUT2D eigenvalue weighted by molar-refractivity contribution is 0.00676. The fourth-order valence-electron chi connectivity index (χ4n) is 2.19. The second-order valence-electron chi connectivity index (χ2n) is 5.68. The number of ether oxygens (including phenoxy) is 1. The molecule has 102 valence electrons. The molecule has 0 aliphatic carbocycles. The van der Waals surface area contributed by atoms with Crippen molar-refractivity contribution in [2.24, 2.45) is 5.84 Å². The second-order valence-corrected chi connectivity index (χ2v) is 5.68. The van der Waals surface area contributed by atoms with Gasteiger partial charge in [0, 0.05) is 13.2 Å². The molecular formula is C15H26N2O. The van der Waals surface area contributed by atoms with Gasteiger partial charge >= 0.3 is 0 Å². The van der Waals surface area contributed by atoms with Gasteiger partial charge in [-0.2, -0.15) is 0 Å². The third kappa shape index (κ3) is 3.55. The first-order chi connectivity index (χ1) is 8.30. The van der Waals surface area contributed by atoms with Gasteiger partial charge in [-0.15, -0.1) is 0 Å². The molecule has 0 heterocycles. The Kier molecular flexibility index (Phi) is 4.91. The van der Waals surface area contributed by atoms with Gasteiger partial charge in [-0.1, -0.05) is 12.1 Å². The molecule has 3 heteroatoms. The first kappa shape index (κ1) is 15.2. The largest absolute Gasteiger partial charge is 0.379 e. The molecule has 0 spiro atoms. The molecule has 0 radical (unpaired) electrons. The van der Waals surface area contributed by atoms with Crippen LogP contribution in [0.5, 0.6) is 0 Å². The predicted octanol–water partition coefficient (Wildman–Crippen LogP) is 2.93. The van der Waals surface area contributed by atoms with E-state index in [0.29, 0.717) is 0 Å². The molecule has 1 aromatic rings. The molecule has 1 atom stereocenters. The monoisotopic (exact) mass is 250 g/mol. The van der Waals surface area contributed by atoms with Gasteiger partial charge < -0.3 is 4.74 Å². The Morgan fingerprint density at radius 3 is 2.22 bits per heavy atom. The maximum Gasteiger partial charge on any atom is 0.0641 e. The zero-order valence-electron chi connectivity index (χ0n) is 12.4. The highest BCUT2D eigenvalue weighted by Gasteiger charge is 2.24. The average Bonchev–Trinajstić information content (AvgIpc) is 2.31. The van der Waals surface area contributed by atoms with Crippen molar-refractivity contribution in [3.05, 3.63) is 34.4 Å². The van der Waals surface area contributed by atoms with E-state index in [1.807, 2.05) is 0 Å². The van der Waals surface area contributed by atoms with E-state index in [1.165, 1.54) is 22.3 Å². The van der Waals surface area contributed by atoms with Gasteiger partial charge in [0.05, 0.1) is 5.60 Å². The number of benzene rings is 1. The van der Waals surface area contributed by atoms with E-state index in [9.17, 15) is 0 Å². The van der Waals surface area contributed by atoms with Gasteiger partial charge in [-0.05, 0) is 63.3 Å². The van der Waals surface area contributed by atoms with Crippen LogP contribution >= 0.6 is 0 Å². The third-order valence-corrected chi connectivity index (χ3v) is 3.71. The Hall–Kier alpha value is -0.900. The van der Waals surface area contributed by atoms with Gasteiger partial charge in [-0.3, -0.25) is 11.3 Å². The van der Waals surface area contributed by atoms with Gasteiger partial charge in [0.25, 0.3) is 0 Å². The maximum atomic E-state index is 5.72. The molecule has 3 nitrogen and oxygen atoms in total. The van der Waals surface area contributed by atoms with Crippen molar-refractivity contribution >= 4 is 0 Å². The van der Waals surface area contributed by atoms with Crippen LogP contribution in [0.4, 0.5) is 0 Å². The fraction of sp³-hybridized carbons (Fsp3) is 0.600. The van der Waals surface area contributed by atoms with Crippen LogP contribution in [0.3, 0.4) is 0 Å². The molecule has 1 rings (SSSR count). The molecule has 3 N–H and O–H groups in total. The number of hydrogen-bond acceptors (Lipinski definition) is 3. The summed E-state index contributed by atoms with van der Waals surface area (Å²) in [6.45, 7) is 10.6. The first-order valence-corrected chi connectivity index (χ1v) is 6.39. The van der Waals surface area contributed by atoms with E-state index in [0.717, 1.165) is 6.42 Å². The minimum atomic E-state index is -0.192. The minimum Gasteiger partial charge on any atom is -0.379 e. The standard InChI is InChI=1S/C15H26N2O/c1-10-7-12(3)13(8-11(10)2)14(17-16)9-15(4,5)18-6/h7-8,14,17H,9,16H2,1-6H3. The van der Waals surface area contributed by atoms with Crippen LogP contribution in [0.25, 0.3) is 0 Å². The van der Waals surface area contributed by atoms with E-state index < -0.39 is 0 Å². The molecule has 1 aromatic carbocycles. The van der Waals surface area contributed by atoms with Crippen molar-refractivity contribution in [3.8, 4) is 0 Å². The fourth-order valence-corrected chi connectivity index (χ4v) is 2.19. The Balaban J connectivity index is 3.06. The highest BCUT2D eigenvalue weighted by atomic mass is 16.5. The van der Waals surface area contributed by atoms with Crippen LogP contribution in [-0.2, 0) is 4.74 Å². The summed E-state index contributed by atoms with van der Waals surface area (Å²) in [7, 11) is 1.74. The number of hydrazine groups is 1. The third-order valence-electron chi connectivity index (χ3n) is 3.71. The summed E-state index contributed by atoms with van der Waals surface area (Å²) in [5.74, 6) is 5.72.